The van der Waals surface area contributed by atoms with Crippen LogP contribution in [0.5, 0.6) is 0 Å². The number of hydrogen-bond donors (Lipinski definition) is 0. The van der Waals surface area contributed by atoms with Crippen molar-refractivity contribution in [3.05, 3.63) is 54.1 Å². The smallest absolute Gasteiger partial charge is 0.338 e. The maximum Gasteiger partial charge on any atom is 0.338 e. The maximum absolute atomic E-state index is 12.8. The number of fused-ring (bicyclic) bond motifs is 3. The second-order valence-electron chi connectivity index (χ2n) is 9.61. The van der Waals surface area contributed by atoms with Crippen LogP contribution in [0.2, 0.25) is 0 Å². The summed E-state index contributed by atoms with van der Waals surface area (Å²) < 4.78 is 9.55. The minimum Gasteiger partial charge on any atom is -0.458 e. The molecule has 2 aromatic rings. The van der Waals surface area contributed by atoms with E-state index < -0.39 is 0 Å². The molecule has 1 aromatic carbocycles. The van der Waals surface area contributed by atoms with Crippen molar-refractivity contribution in [1.29, 1.82) is 0 Å². The van der Waals surface area contributed by atoms with Crippen LogP contribution in [0, 0.1) is 0 Å². The summed E-state index contributed by atoms with van der Waals surface area (Å²) in [5, 5.41) is 0. The number of anilines is 2. The molecule has 1 unspecified atom stereocenters. The summed E-state index contributed by atoms with van der Waals surface area (Å²) in [6.07, 6.45) is 16.4. The third-order valence-corrected chi connectivity index (χ3v) is 7.70. The zero-order valence-electron chi connectivity index (χ0n) is 19.6. The fraction of sp³-hybridized carbons (Fsp3) is 0.500. The molecule has 174 valence electrons. The van der Waals surface area contributed by atoms with E-state index in [2.05, 4.69) is 28.9 Å². The van der Waals surface area contributed by atoms with Crippen LogP contribution in [-0.2, 0) is 18.3 Å². The number of nitrogens with zero attached hydrogens (tertiary/aromatic N) is 4. The number of rotatable bonds is 7. The molecular formula is C26H33N4O2S+. The second kappa shape index (κ2) is 8.93. The molecule has 0 radical (unpaired) electrons. The van der Waals surface area contributed by atoms with Gasteiger partial charge in [-0.2, -0.15) is 0 Å². The molecule has 0 bridgehead atoms. The summed E-state index contributed by atoms with van der Waals surface area (Å²) in [5.41, 5.74) is 4.24. The summed E-state index contributed by atoms with van der Waals surface area (Å²) in [6.45, 7) is 4.24. The van der Waals surface area contributed by atoms with Crippen LogP contribution in [-0.4, -0.2) is 34.3 Å². The van der Waals surface area contributed by atoms with Crippen LogP contribution in [0.3, 0.4) is 0 Å². The number of ether oxygens (including phenoxy) is 1. The molecule has 3 aliphatic rings. The first-order valence-electron chi connectivity index (χ1n) is 12.1. The average molecular weight is 466 g/mol. The highest BCUT2D eigenvalue weighted by molar-refractivity contribution is 7.80. The molecule has 6 nitrogen and oxygen atoms in total. The highest BCUT2D eigenvalue weighted by atomic mass is 32.1. The molecule has 0 amide bonds. The first kappa shape index (κ1) is 22.1. The van der Waals surface area contributed by atoms with E-state index in [4.69, 9.17) is 17.0 Å². The van der Waals surface area contributed by atoms with Crippen LogP contribution in [0.4, 0.5) is 11.4 Å². The fourth-order valence-electron chi connectivity index (χ4n) is 5.51. The molecule has 1 aromatic heterocycles. The number of benzene rings is 1. The zero-order valence-corrected chi connectivity index (χ0v) is 20.4. The van der Waals surface area contributed by atoms with Gasteiger partial charge in [0, 0.05) is 13.0 Å². The molecule has 33 heavy (non-hydrogen) atoms. The lowest BCUT2D eigenvalue weighted by Gasteiger charge is -2.38. The van der Waals surface area contributed by atoms with E-state index in [0.717, 1.165) is 36.5 Å². The molecule has 1 fully saturated rings. The Balaban J connectivity index is 1.33. The molecule has 0 saturated carbocycles. The van der Waals surface area contributed by atoms with Gasteiger partial charge in [-0.05, 0) is 63.6 Å². The lowest BCUT2D eigenvalue weighted by atomic mass is 9.96. The summed E-state index contributed by atoms with van der Waals surface area (Å²) >= 11 is 5.77. The second-order valence-corrected chi connectivity index (χ2v) is 10.1. The molecule has 3 heterocycles. The van der Waals surface area contributed by atoms with Gasteiger partial charge in [-0.15, -0.1) is 0 Å². The van der Waals surface area contributed by atoms with Crippen molar-refractivity contribution in [2.24, 2.45) is 7.05 Å². The Labute approximate surface area is 201 Å². The van der Waals surface area contributed by atoms with Crippen LogP contribution in [0.25, 0.3) is 0 Å². The van der Waals surface area contributed by atoms with Gasteiger partial charge in [-0.1, -0.05) is 23.9 Å². The Kier molecular flexibility index (Phi) is 5.99. The molecule has 2 aliphatic heterocycles. The Morgan fingerprint density at radius 2 is 2.09 bits per heavy atom. The SMILES string of the molecule is C[n+]1ccn(CCOC(=O)c2ccc3c(c2)N2C(=S)CCC2(C)N3CCC2=CCCCC2)c1. The zero-order chi connectivity index (χ0) is 23.0. The van der Waals surface area contributed by atoms with Crippen molar-refractivity contribution in [2.45, 2.75) is 64.1 Å². The average Bonchev–Trinajstić information content (AvgIpc) is 3.44. The number of aromatic nitrogens is 2. The van der Waals surface area contributed by atoms with Gasteiger partial charge < -0.3 is 14.5 Å². The topological polar surface area (TPSA) is 41.6 Å². The summed E-state index contributed by atoms with van der Waals surface area (Å²) in [6, 6.07) is 5.96. The van der Waals surface area contributed by atoms with E-state index in [9.17, 15) is 4.79 Å². The summed E-state index contributed by atoms with van der Waals surface area (Å²) in [5.74, 6) is -0.285. The van der Waals surface area contributed by atoms with E-state index in [1.807, 2.05) is 47.0 Å². The quantitative estimate of drug-likeness (QED) is 0.260. The monoisotopic (exact) mass is 465 g/mol. The standard InChI is InChI=1S/C26H33N4O2S/c1-26-12-10-24(33)30(26)23-18-21(25(31)32-17-16-28-15-14-27(2)19-28)8-9-22(23)29(26)13-11-20-6-4-3-5-7-20/h6,8-9,14-15,18-19H,3-5,7,10-13,16-17H2,1-2H3/q+1. The van der Waals surface area contributed by atoms with E-state index in [1.165, 1.54) is 31.4 Å². The van der Waals surface area contributed by atoms with Gasteiger partial charge in [-0.3, -0.25) is 0 Å². The lowest BCUT2D eigenvalue weighted by molar-refractivity contribution is -0.671. The molecule has 1 atom stereocenters. The number of allylic oxidation sites excluding steroid dienone is 1. The van der Waals surface area contributed by atoms with Gasteiger partial charge >= 0.3 is 5.97 Å². The Morgan fingerprint density at radius 3 is 2.85 bits per heavy atom. The molecule has 1 aliphatic carbocycles. The van der Waals surface area contributed by atoms with Gasteiger partial charge in [0.05, 0.1) is 29.0 Å². The van der Waals surface area contributed by atoms with Crippen molar-refractivity contribution < 1.29 is 14.1 Å². The van der Waals surface area contributed by atoms with Crippen molar-refractivity contribution in [2.75, 3.05) is 23.0 Å². The van der Waals surface area contributed by atoms with Crippen LogP contribution in [0.15, 0.2) is 48.6 Å². The third kappa shape index (κ3) is 4.19. The number of carbonyl (C=O) groups excluding carboxylic acids is 1. The molecule has 0 spiro atoms. The molecule has 0 N–H and O–H groups in total. The number of carbonyl (C=O) groups is 1. The number of thiocarbonyl (C=S) groups is 1. The van der Waals surface area contributed by atoms with Crippen LogP contribution in [0.1, 0.15) is 62.2 Å². The highest BCUT2D eigenvalue weighted by Gasteiger charge is 2.51. The van der Waals surface area contributed by atoms with Gasteiger partial charge in [0.1, 0.15) is 31.2 Å². The van der Waals surface area contributed by atoms with Gasteiger partial charge in [0.25, 0.3) is 0 Å². The van der Waals surface area contributed by atoms with E-state index >= 15 is 0 Å². The maximum atomic E-state index is 12.8. The summed E-state index contributed by atoms with van der Waals surface area (Å²) in [4.78, 5) is 18.6. The Hall–Kier alpha value is -2.67. The first-order valence-corrected chi connectivity index (χ1v) is 12.5. The predicted molar refractivity (Wildman–Crippen MR) is 134 cm³/mol. The van der Waals surface area contributed by atoms with Gasteiger partial charge in [0.15, 0.2) is 0 Å². The van der Waals surface area contributed by atoms with E-state index in [0.29, 0.717) is 18.7 Å². The van der Waals surface area contributed by atoms with Gasteiger partial charge in [-0.25, -0.2) is 13.9 Å². The van der Waals surface area contributed by atoms with Crippen LogP contribution >= 0.6 is 12.2 Å². The van der Waals surface area contributed by atoms with Crippen molar-refractivity contribution in [3.8, 4) is 0 Å². The van der Waals surface area contributed by atoms with Crippen molar-refractivity contribution >= 4 is 34.6 Å². The minimum atomic E-state index is -0.285. The first-order chi connectivity index (χ1) is 16.0. The molecule has 1 saturated heterocycles. The lowest BCUT2D eigenvalue weighted by Crippen LogP contribution is -2.52. The van der Waals surface area contributed by atoms with E-state index in [-0.39, 0.29) is 11.6 Å². The molecular weight excluding hydrogens is 432 g/mol. The van der Waals surface area contributed by atoms with Gasteiger partial charge in [0.2, 0.25) is 6.33 Å². The molecule has 5 rings (SSSR count). The minimum absolute atomic E-state index is 0.152. The number of esters is 1. The molecule has 7 heteroatoms. The summed E-state index contributed by atoms with van der Waals surface area (Å²) in [7, 11) is 1.97. The Bertz CT molecular complexity index is 1110. The normalized spacial score (nSPS) is 21.8. The largest absolute Gasteiger partial charge is 0.458 e. The van der Waals surface area contributed by atoms with Crippen molar-refractivity contribution in [3.63, 3.8) is 0 Å². The predicted octanol–water partition coefficient (Wildman–Crippen LogP) is 4.52. The number of imidazole rings is 1. The Morgan fingerprint density at radius 1 is 1.21 bits per heavy atom. The highest BCUT2D eigenvalue weighted by Crippen LogP contribution is 2.51. The van der Waals surface area contributed by atoms with Crippen LogP contribution < -0.4 is 14.4 Å². The third-order valence-electron chi connectivity index (χ3n) is 7.32. The number of hydrogen-bond acceptors (Lipinski definition) is 4. The number of aryl methyl sites for hydroxylation is 1. The van der Waals surface area contributed by atoms with E-state index in [1.54, 1.807) is 5.57 Å². The van der Waals surface area contributed by atoms with Crippen molar-refractivity contribution in [1.82, 2.24) is 4.57 Å². The fourth-order valence-corrected chi connectivity index (χ4v) is 5.91.